The zero-order valence-electron chi connectivity index (χ0n) is 10.2. The molecule has 2 aromatic rings. The number of benzene rings is 1. The van der Waals surface area contributed by atoms with Gasteiger partial charge in [0.25, 0.3) is 0 Å². The zero-order chi connectivity index (χ0) is 12.3. The summed E-state index contributed by atoms with van der Waals surface area (Å²) in [4.78, 5) is 4.37. The van der Waals surface area contributed by atoms with Crippen molar-refractivity contribution in [2.24, 2.45) is 0 Å². The first-order valence-corrected chi connectivity index (χ1v) is 6.66. The highest BCUT2D eigenvalue weighted by Crippen LogP contribution is 2.15. The van der Waals surface area contributed by atoms with Gasteiger partial charge in [0.15, 0.2) is 0 Å². The van der Waals surface area contributed by atoms with Crippen molar-refractivity contribution in [1.29, 1.82) is 0 Å². The first-order chi connectivity index (χ1) is 8.15. The fraction of sp³-hybridized carbons (Fsp3) is 0.357. The molecule has 1 aromatic heterocycles. The third kappa shape index (κ3) is 3.38. The molecule has 1 N–H and O–H groups in total. The van der Waals surface area contributed by atoms with Crippen LogP contribution in [-0.2, 0) is 12.8 Å². The number of rotatable bonds is 4. The number of aliphatic hydroxyl groups is 1. The molecule has 0 aliphatic heterocycles. The molecule has 0 amide bonds. The third-order valence-electron chi connectivity index (χ3n) is 2.79. The Kier molecular flexibility index (Phi) is 3.92. The average Bonchev–Trinajstić information content (AvgIpc) is 2.67. The molecule has 0 aliphatic rings. The van der Waals surface area contributed by atoms with Crippen molar-refractivity contribution >= 4 is 11.3 Å². The molecule has 1 aromatic carbocycles. The summed E-state index contributed by atoms with van der Waals surface area (Å²) < 4.78 is 0. The molecule has 2 nitrogen and oxygen atoms in total. The molecule has 90 valence electrons. The van der Waals surface area contributed by atoms with Gasteiger partial charge in [-0.2, -0.15) is 0 Å². The number of thiazole rings is 1. The maximum Gasteiger partial charge on any atom is 0.0954 e. The second kappa shape index (κ2) is 5.43. The SMILES string of the molecule is Cc1csc(CC(O)Cc2ccccc2C)n1. The molecule has 3 heteroatoms. The average molecular weight is 247 g/mol. The Hall–Kier alpha value is -1.19. The van der Waals surface area contributed by atoms with E-state index in [9.17, 15) is 5.11 Å². The third-order valence-corrected chi connectivity index (χ3v) is 3.78. The highest BCUT2D eigenvalue weighted by atomic mass is 32.1. The minimum Gasteiger partial charge on any atom is -0.392 e. The number of hydrogen-bond donors (Lipinski definition) is 1. The number of aliphatic hydroxyl groups excluding tert-OH is 1. The molecule has 0 spiro atoms. The van der Waals surface area contributed by atoms with E-state index in [0.29, 0.717) is 12.8 Å². The van der Waals surface area contributed by atoms with E-state index >= 15 is 0 Å². The Morgan fingerprint density at radius 2 is 2.00 bits per heavy atom. The molecule has 0 fully saturated rings. The maximum absolute atomic E-state index is 10.1. The van der Waals surface area contributed by atoms with E-state index in [4.69, 9.17) is 0 Å². The summed E-state index contributed by atoms with van der Waals surface area (Å²) in [6.07, 6.45) is 1.000. The predicted octanol–water partition coefficient (Wildman–Crippen LogP) is 2.91. The summed E-state index contributed by atoms with van der Waals surface area (Å²) in [5.41, 5.74) is 3.49. The molecule has 0 aliphatic carbocycles. The molecule has 1 unspecified atom stereocenters. The smallest absolute Gasteiger partial charge is 0.0954 e. The fourth-order valence-corrected chi connectivity index (χ4v) is 2.71. The van der Waals surface area contributed by atoms with Crippen molar-refractivity contribution in [3.8, 4) is 0 Å². The summed E-state index contributed by atoms with van der Waals surface area (Å²) in [5.74, 6) is 0. The summed E-state index contributed by atoms with van der Waals surface area (Å²) in [5, 5.41) is 13.1. The number of hydrogen-bond acceptors (Lipinski definition) is 3. The Morgan fingerprint density at radius 1 is 1.24 bits per heavy atom. The maximum atomic E-state index is 10.1. The largest absolute Gasteiger partial charge is 0.392 e. The van der Waals surface area contributed by atoms with Gasteiger partial charge in [-0.3, -0.25) is 0 Å². The Morgan fingerprint density at radius 3 is 2.65 bits per heavy atom. The minimum atomic E-state index is -0.346. The Labute approximate surface area is 106 Å². The van der Waals surface area contributed by atoms with Gasteiger partial charge in [0.05, 0.1) is 11.1 Å². The molecule has 2 rings (SSSR count). The van der Waals surface area contributed by atoms with E-state index < -0.39 is 0 Å². The van der Waals surface area contributed by atoms with Gasteiger partial charge in [0, 0.05) is 17.5 Å². The lowest BCUT2D eigenvalue weighted by Gasteiger charge is -2.10. The van der Waals surface area contributed by atoms with E-state index in [1.165, 1.54) is 11.1 Å². The van der Waals surface area contributed by atoms with Crippen molar-refractivity contribution in [1.82, 2.24) is 4.98 Å². The monoisotopic (exact) mass is 247 g/mol. The van der Waals surface area contributed by atoms with E-state index in [1.807, 2.05) is 24.4 Å². The molecule has 1 heterocycles. The van der Waals surface area contributed by atoms with Crippen LogP contribution in [0.25, 0.3) is 0 Å². The van der Waals surface area contributed by atoms with Crippen LogP contribution in [0.2, 0.25) is 0 Å². The van der Waals surface area contributed by atoms with E-state index in [2.05, 4.69) is 24.0 Å². The van der Waals surface area contributed by atoms with Crippen LogP contribution < -0.4 is 0 Å². The summed E-state index contributed by atoms with van der Waals surface area (Å²) in [6, 6.07) is 8.19. The van der Waals surface area contributed by atoms with Gasteiger partial charge >= 0.3 is 0 Å². The Bertz CT molecular complexity index is 492. The molecule has 0 bridgehead atoms. The lowest BCUT2D eigenvalue weighted by Crippen LogP contribution is -2.14. The van der Waals surface area contributed by atoms with Crippen molar-refractivity contribution in [2.45, 2.75) is 32.8 Å². The second-order valence-electron chi connectivity index (χ2n) is 4.37. The highest BCUT2D eigenvalue weighted by Gasteiger charge is 2.10. The first kappa shape index (κ1) is 12.3. The molecule has 17 heavy (non-hydrogen) atoms. The normalized spacial score (nSPS) is 12.6. The lowest BCUT2D eigenvalue weighted by molar-refractivity contribution is 0.175. The van der Waals surface area contributed by atoms with Crippen LogP contribution >= 0.6 is 11.3 Å². The van der Waals surface area contributed by atoms with E-state index in [0.717, 1.165) is 10.7 Å². The topological polar surface area (TPSA) is 33.1 Å². The van der Waals surface area contributed by atoms with Crippen LogP contribution in [0.1, 0.15) is 21.8 Å². The molecular weight excluding hydrogens is 230 g/mol. The molecule has 0 saturated heterocycles. The van der Waals surface area contributed by atoms with Crippen molar-refractivity contribution in [3.63, 3.8) is 0 Å². The van der Waals surface area contributed by atoms with Crippen LogP contribution in [0.3, 0.4) is 0 Å². The van der Waals surface area contributed by atoms with Gasteiger partial charge in [-0.1, -0.05) is 24.3 Å². The molecular formula is C14H17NOS. The molecule has 1 atom stereocenters. The van der Waals surface area contributed by atoms with Gasteiger partial charge < -0.3 is 5.11 Å². The van der Waals surface area contributed by atoms with Gasteiger partial charge in [0.1, 0.15) is 0 Å². The van der Waals surface area contributed by atoms with Crippen molar-refractivity contribution in [3.05, 3.63) is 51.5 Å². The van der Waals surface area contributed by atoms with Gasteiger partial charge in [-0.15, -0.1) is 11.3 Å². The van der Waals surface area contributed by atoms with Crippen LogP contribution in [-0.4, -0.2) is 16.2 Å². The summed E-state index contributed by atoms with van der Waals surface area (Å²) in [6.45, 7) is 4.06. The fourth-order valence-electron chi connectivity index (χ4n) is 1.86. The van der Waals surface area contributed by atoms with Crippen LogP contribution in [0.15, 0.2) is 29.6 Å². The lowest BCUT2D eigenvalue weighted by atomic mass is 10.0. The van der Waals surface area contributed by atoms with Gasteiger partial charge in [0.2, 0.25) is 0 Å². The quantitative estimate of drug-likeness (QED) is 0.901. The minimum absolute atomic E-state index is 0.346. The van der Waals surface area contributed by atoms with Crippen molar-refractivity contribution in [2.75, 3.05) is 0 Å². The summed E-state index contributed by atoms with van der Waals surface area (Å²) >= 11 is 1.62. The standard InChI is InChI=1S/C14H17NOS/c1-10-5-3-4-6-12(10)7-13(16)8-14-15-11(2)9-17-14/h3-6,9,13,16H,7-8H2,1-2H3. The number of aromatic nitrogens is 1. The van der Waals surface area contributed by atoms with E-state index in [-0.39, 0.29) is 6.10 Å². The number of aryl methyl sites for hydroxylation is 2. The van der Waals surface area contributed by atoms with Gasteiger partial charge in [-0.05, 0) is 31.4 Å². The first-order valence-electron chi connectivity index (χ1n) is 5.78. The second-order valence-corrected chi connectivity index (χ2v) is 5.31. The zero-order valence-corrected chi connectivity index (χ0v) is 11.0. The van der Waals surface area contributed by atoms with Crippen molar-refractivity contribution < 1.29 is 5.11 Å². The predicted molar refractivity (Wildman–Crippen MR) is 71.4 cm³/mol. The Balaban J connectivity index is 1.98. The molecule has 0 saturated carbocycles. The van der Waals surface area contributed by atoms with E-state index in [1.54, 1.807) is 11.3 Å². The molecule has 0 radical (unpaired) electrons. The number of nitrogens with zero attached hydrogens (tertiary/aromatic N) is 1. The van der Waals surface area contributed by atoms with Crippen LogP contribution in [0.4, 0.5) is 0 Å². The van der Waals surface area contributed by atoms with Crippen LogP contribution in [0, 0.1) is 13.8 Å². The van der Waals surface area contributed by atoms with Gasteiger partial charge in [-0.25, -0.2) is 4.98 Å². The van der Waals surface area contributed by atoms with Crippen LogP contribution in [0.5, 0.6) is 0 Å². The highest BCUT2D eigenvalue weighted by molar-refractivity contribution is 7.09. The summed E-state index contributed by atoms with van der Waals surface area (Å²) in [7, 11) is 0.